The van der Waals surface area contributed by atoms with Crippen LogP contribution in [-0.2, 0) is 0 Å². The van der Waals surface area contributed by atoms with Crippen molar-refractivity contribution in [3.05, 3.63) is 96.1 Å². The Morgan fingerprint density at radius 3 is 2.05 bits per heavy atom. The number of aliphatic hydroxyl groups is 1. The molecule has 4 aromatic rings. The van der Waals surface area contributed by atoms with Gasteiger partial charge >= 0.3 is 0 Å². The maximum Gasteiger partial charge on any atom is 0.272 e. The summed E-state index contributed by atoms with van der Waals surface area (Å²) in [6.45, 7) is 3.60. The van der Waals surface area contributed by atoms with Crippen LogP contribution in [0.2, 0.25) is 0 Å². The van der Waals surface area contributed by atoms with E-state index >= 15 is 0 Å². The van der Waals surface area contributed by atoms with Gasteiger partial charge in [-0.05, 0) is 98.6 Å². The van der Waals surface area contributed by atoms with Gasteiger partial charge in [-0.2, -0.15) is 0 Å². The first-order valence-corrected chi connectivity index (χ1v) is 12.4. The predicted octanol–water partition coefficient (Wildman–Crippen LogP) is 6.16. The van der Waals surface area contributed by atoms with Crippen molar-refractivity contribution in [1.29, 1.82) is 0 Å². The van der Waals surface area contributed by atoms with Crippen LogP contribution in [0.3, 0.4) is 0 Å². The molecule has 0 saturated carbocycles. The molecule has 3 aromatic carbocycles. The fourth-order valence-corrected chi connectivity index (χ4v) is 4.37. The lowest BCUT2D eigenvalue weighted by molar-refractivity contribution is 0.102. The maximum atomic E-state index is 14.7. The SMILES string of the molecule is Cc1ccc(C(=O)Nc2ccc(Nc3ccc(Nc4ccc(N5CCC(O)CC5)cc4)cc3)c(F)c2)[nH]1. The van der Waals surface area contributed by atoms with Gasteiger partial charge in [0.05, 0.1) is 11.8 Å². The number of H-pyrrole nitrogens is 1. The average molecular weight is 500 g/mol. The summed E-state index contributed by atoms with van der Waals surface area (Å²) in [6, 6.07) is 23.9. The molecule has 0 unspecified atom stereocenters. The zero-order valence-electron chi connectivity index (χ0n) is 20.6. The van der Waals surface area contributed by atoms with Gasteiger partial charge in [-0.25, -0.2) is 4.39 Å². The zero-order valence-corrected chi connectivity index (χ0v) is 20.6. The minimum absolute atomic E-state index is 0.183. The minimum atomic E-state index is -0.467. The number of nitrogens with zero attached hydrogens (tertiary/aromatic N) is 1. The Morgan fingerprint density at radius 2 is 1.46 bits per heavy atom. The highest BCUT2D eigenvalue weighted by molar-refractivity contribution is 6.03. The number of aromatic nitrogens is 1. The second-order valence-electron chi connectivity index (χ2n) is 9.30. The Hall–Kier alpha value is -4.30. The van der Waals surface area contributed by atoms with Gasteiger partial charge in [-0.1, -0.05) is 0 Å². The van der Waals surface area contributed by atoms with Crippen LogP contribution >= 0.6 is 0 Å². The van der Waals surface area contributed by atoms with Gasteiger partial charge in [0, 0.05) is 47.2 Å². The normalized spacial score (nSPS) is 13.9. The van der Waals surface area contributed by atoms with Crippen LogP contribution in [0, 0.1) is 12.7 Å². The molecule has 1 amide bonds. The summed E-state index contributed by atoms with van der Waals surface area (Å²) in [5.74, 6) is -0.789. The topological polar surface area (TPSA) is 92.4 Å². The largest absolute Gasteiger partial charge is 0.393 e. The summed E-state index contributed by atoms with van der Waals surface area (Å²) in [4.78, 5) is 17.5. The molecule has 5 N–H and O–H groups in total. The molecule has 5 rings (SSSR count). The number of carbonyl (C=O) groups excluding carboxylic acids is 1. The average Bonchev–Trinajstić information content (AvgIpc) is 3.34. The summed E-state index contributed by atoms with van der Waals surface area (Å²) >= 11 is 0. The van der Waals surface area contributed by atoms with Gasteiger partial charge in [0.2, 0.25) is 0 Å². The van der Waals surface area contributed by atoms with Crippen molar-refractivity contribution in [3.8, 4) is 0 Å². The number of amides is 1. The molecule has 1 saturated heterocycles. The van der Waals surface area contributed by atoms with Crippen LogP contribution in [0.25, 0.3) is 0 Å². The first-order valence-electron chi connectivity index (χ1n) is 12.4. The van der Waals surface area contributed by atoms with E-state index in [0.717, 1.165) is 54.4 Å². The molecule has 0 radical (unpaired) electrons. The third-order valence-electron chi connectivity index (χ3n) is 6.45. The van der Waals surface area contributed by atoms with Crippen LogP contribution in [0.1, 0.15) is 29.0 Å². The van der Waals surface area contributed by atoms with E-state index in [-0.39, 0.29) is 12.0 Å². The second-order valence-corrected chi connectivity index (χ2v) is 9.30. The minimum Gasteiger partial charge on any atom is -0.393 e. The van der Waals surface area contributed by atoms with E-state index in [1.165, 1.54) is 6.07 Å². The Morgan fingerprint density at radius 1 is 0.865 bits per heavy atom. The van der Waals surface area contributed by atoms with Gasteiger partial charge in [0.25, 0.3) is 5.91 Å². The van der Waals surface area contributed by atoms with Crippen LogP contribution in [0.5, 0.6) is 0 Å². The van der Waals surface area contributed by atoms with E-state index in [1.807, 2.05) is 49.4 Å². The van der Waals surface area contributed by atoms with E-state index in [4.69, 9.17) is 0 Å². The molecule has 1 aliphatic heterocycles. The van der Waals surface area contributed by atoms with Gasteiger partial charge < -0.3 is 30.9 Å². The van der Waals surface area contributed by atoms with E-state index < -0.39 is 5.82 Å². The van der Waals surface area contributed by atoms with Gasteiger partial charge in [-0.3, -0.25) is 4.79 Å². The molecular formula is C29H30FN5O2. The lowest BCUT2D eigenvalue weighted by Crippen LogP contribution is -2.35. The van der Waals surface area contributed by atoms with Crippen LogP contribution in [0.15, 0.2) is 78.9 Å². The zero-order chi connectivity index (χ0) is 25.8. The highest BCUT2D eigenvalue weighted by atomic mass is 19.1. The fraction of sp³-hybridized carbons (Fsp3) is 0.207. The van der Waals surface area contributed by atoms with E-state index in [0.29, 0.717) is 17.1 Å². The number of piperidine rings is 1. The van der Waals surface area contributed by atoms with Gasteiger partial charge in [0.1, 0.15) is 11.5 Å². The molecule has 1 aromatic heterocycles. The lowest BCUT2D eigenvalue weighted by atomic mass is 10.1. The molecule has 37 heavy (non-hydrogen) atoms. The number of aromatic amines is 1. The van der Waals surface area contributed by atoms with Crippen molar-refractivity contribution in [2.45, 2.75) is 25.9 Å². The maximum absolute atomic E-state index is 14.7. The molecule has 0 spiro atoms. The Balaban J connectivity index is 1.17. The van der Waals surface area contributed by atoms with Crippen molar-refractivity contribution in [1.82, 2.24) is 4.98 Å². The summed E-state index contributed by atoms with van der Waals surface area (Å²) in [7, 11) is 0. The third-order valence-corrected chi connectivity index (χ3v) is 6.45. The molecule has 2 heterocycles. The number of halogens is 1. The number of hydrogen-bond donors (Lipinski definition) is 5. The molecule has 0 atom stereocenters. The van der Waals surface area contributed by atoms with E-state index in [1.54, 1.807) is 18.2 Å². The number of rotatable bonds is 7. The molecule has 190 valence electrons. The summed E-state index contributed by atoms with van der Waals surface area (Å²) in [5, 5.41) is 18.9. The number of anilines is 6. The third kappa shape index (κ3) is 6.10. The quantitative estimate of drug-likeness (QED) is 0.210. The molecular weight excluding hydrogens is 469 g/mol. The first kappa shape index (κ1) is 24.4. The molecule has 0 bridgehead atoms. The number of nitrogens with one attached hydrogen (secondary N) is 4. The van der Waals surface area contributed by atoms with Crippen LogP contribution in [0.4, 0.5) is 38.5 Å². The van der Waals surface area contributed by atoms with Crippen molar-refractivity contribution in [2.24, 2.45) is 0 Å². The molecule has 1 aliphatic rings. The van der Waals surface area contributed by atoms with Gasteiger partial charge in [-0.15, -0.1) is 0 Å². The van der Waals surface area contributed by atoms with Crippen molar-refractivity contribution in [3.63, 3.8) is 0 Å². The van der Waals surface area contributed by atoms with Crippen molar-refractivity contribution >= 4 is 40.0 Å². The standard InChI is InChI=1S/C29H30FN5O2/c1-19-2-12-28(31-19)29(37)34-23-9-13-27(26(30)18-23)33-22-5-3-20(4-6-22)32-21-7-10-24(11-8-21)35-16-14-25(36)15-17-35/h2-13,18,25,31-33,36H,14-17H2,1H3,(H,34,37). The molecule has 8 heteroatoms. The number of carbonyl (C=O) groups is 1. The monoisotopic (exact) mass is 499 g/mol. The number of hydrogen-bond acceptors (Lipinski definition) is 5. The van der Waals surface area contributed by atoms with Crippen molar-refractivity contribution in [2.75, 3.05) is 33.9 Å². The smallest absolute Gasteiger partial charge is 0.272 e. The van der Waals surface area contributed by atoms with Gasteiger partial charge in [0.15, 0.2) is 0 Å². The highest BCUT2D eigenvalue weighted by Crippen LogP contribution is 2.27. The first-order chi connectivity index (χ1) is 17.9. The Bertz CT molecular complexity index is 1360. The Kier molecular flexibility index (Phi) is 7.09. The molecule has 1 fully saturated rings. The summed E-state index contributed by atoms with van der Waals surface area (Å²) in [6.07, 6.45) is 1.43. The van der Waals surface area contributed by atoms with E-state index in [9.17, 15) is 14.3 Å². The molecule has 7 nitrogen and oxygen atoms in total. The van der Waals surface area contributed by atoms with Crippen LogP contribution < -0.4 is 20.9 Å². The Labute approximate surface area is 215 Å². The van der Waals surface area contributed by atoms with Crippen molar-refractivity contribution < 1.29 is 14.3 Å². The lowest BCUT2D eigenvalue weighted by Gasteiger charge is -2.31. The second kappa shape index (κ2) is 10.8. The number of benzene rings is 3. The molecule has 0 aliphatic carbocycles. The number of aryl methyl sites for hydroxylation is 1. The fourth-order valence-electron chi connectivity index (χ4n) is 4.37. The number of aliphatic hydroxyl groups excluding tert-OH is 1. The summed E-state index contributed by atoms with van der Waals surface area (Å²) in [5.41, 5.74) is 5.78. The summed E-state index contributed by atoms with van der Waals surface area (Å²) < 4.78 is 14.7. The van der Waals surface area contributed by atoms with Crippen LogP contribution in [-0.4, -0.2) is 35.2 Å². The van der Waals surface area contributed by atoms with E-state index in [2.05, 4.69) is 38.0 Å². The predicted molar refractivity (Wildman–Crippen MR) is 147 cm³/mol. The highest BCUT2D eigenvalue weighted by Gasteiger charge is 2.17.